The van der Waals surface area contributed by atoms with Crippen LogP contribution in [0.15, 0.2) is 53.4 Å². The molecule has 0 heterocycles. The van der Waals surface area contributed by atoms with Crippen molar-refractivity contribution >= 4 is 21.4 Å². The molecule has 0 aliphatic carbocycles. The number of hydrogen-bond donors (Lipinski definition) is 1. The molecular formula is C17H16N2O3S. The van der Waals surface area contributed by atoms with Gasteiger partial charge in [-0.05, 0) is 48.4 Å². The molecule has 0 aliphatic heterocycles. The zero-order chi connectivity index (χ0) is 16.9. The Morgan fingerprint density at radius 2 is 1.70 bits per heavy atom. The van der Waals surface area contributed by atoms with E-state index in [1.54, 1.807) is 24.3 Å². The van der Waals surface area contributed by atoms with Crippen LogP contribution in [0, 0.1) is 11.3 Å². The van der Waals surface area contributed by atoms with E-state index in [0.717, 1.165) is 11.8 Å². The molecule has 0 aliphatic rings. The number of sulfone groups is 1. The number of rotatable bonds is 5. The maximum Gasteiger partial charge on any atom is 0.224 e. The number of amides is 1. The Kier molecular flexibility index (Phi) is 5.14. The lowest BCUT2D eigenvalue weighted by Crippen LogP contribution is -2.12. The van der Waals surface area contributed by atoms with Crippen molar-refractivity contribution in [3.8, 4) is 6.07 Å². The van der Waals surface area contributed by atoms with Crippen LogP contribution in [0.4, 0.5) is 5.69 Å². The van der Waals surface area contributed by atoms with Crippen molar-refractivity contribution in [3.05, 3.63) is 59.7 Å². The predicted octanol–water partition coefficient (Wildman–Crippen LogP) is 2.53. The van der Waals surface area contributed by atoms with E-state index < -0.39 is 9.84 Å². The van der Waals surface area contributed by atoms with Crippen LogP contribution in [-0.2, 0) is 21.1 Å². The first-order valence-corrected chi connectivity index (χ1v) is 8.86. The molecular weight excluding hydrogens is 312 g/mol. The standard InChI is InChI=1S/C17H16N2O3S/c1-23(21,22)16-9-7-15(8-10-16)19-17(20)11-6-13-2-4-14(12-18)5-3-13/h2-5,7-10H,6,11H2,1H3,(H,19,20). The highest BCUT2D eigenvalue weighted by Gasteiger charge is 2.08. The van der Waals surface area contributed by atoms with E-state index >= 15 is 0 Å². The summed E-state index contributed by atoms with van der Waals surface area (Å²) >= 11 is 0. The van der Waals surface area contributed by atoms with Gasteiger partial charge in [0.15, 0.2) is 9.84 Å². The van der Waals surface area contributed by atoms with Crippen LogP contribution in [0.25, 0.3) is 0 Å². The Labute approximate surface area is 135 Å². The lowest BCUT2D eigenvalue weighted by atomic mass is 10.1. The maximum atomic E-state index is 11.9. The van der Waals surface area contributed by atoms with Crippen LogP contribution in [0.5, 0.6) is 0 Å². The lowest BCUT2D eigenvalue weighted by molar-refractivity contribution is -0.116. The molecule has 0 atom stereocenters. The second-order valence-electron chi connectivity index (χ2n) is 5.15. The fourth-order valence-electron chi connectivity index (χ4n) is 2.01. The van der Waals surface area contributed by atoms with Crippen molar-refractivity contribution < 1.29 is 13.2 Å². The number of benzene rings is 2. The van der Waals surface area contributed by atoms with E-state index in [4.69, 9.17) is 5.26 Å². The Morgan fingerprint density at radius 1 is 1.09 bits per heavy atom. The number of carbonyl (C=O) groups is 1. The van der Waals surface area contributed by atoms with Crippen LogP contribution < -0.4 is 5.32 Å². The van der Waals surface area contributed by atoms with E-state index in [0.29, 0.717) is 24.1 Å². The minimum absolute atomic E-state index is 0.151. The number of nitrogens with one attached hydrogen (secondary N) is 1. The second-order valence-corrected chi connectivity index (χ2v) is 7.17. The first kappa shape index (κ1) is 16.7. The molecule has 0 saturated heterocycles. The van der Waals surface area contributed by atoms with Crippen molar-refractivity contribution in [2.45, 2.75) is 17.7 Å². The van der Waals surface area contributed by atoms with Crippen LogP contribution in [0.2, 0.25) is 0 Å². The zero-order valence-electron chi connectivity index (χ0n) is 12.6. The molecule has 118 valence electrons. The third kappa shape index (κ3) is 4.94. The topological polar surface area (TPSA) is 87.0 Å². The Balaban J connectivity index is 1.90. The summed E-state index contributed by atoms with van der Waals surface area (Å²) in [5.74, 6) is -0.151. The van der Waals surface area contributed by atoms with Crippen LogP contribution in [0.3, 0.4) is 0 Å². The molecule has 0 aromatic heterocycles. The highest BCUT2D eigenvalue weighted by atomic mass is 32.2. The molecule has 2 aromatic rings. The van der Waals surface area contributed by atoms with Gasteiger partial charge in [0.1, 0.15) is 0 Å². The van der Waals surface area contributed by atoms with Crippen molar-refractivity contribution in [1.29, 1.82) is 5.26 Å². The second kappa shape index (κ2) is 7.07. The van der Waals surface area contributed by atoms with Crippen LogP contribution in [-0.4, -0.2) is 20.6 Å². The zero-order valence-corrected chi connectivity index (χ0v) is 13.4. The van der Waals surface area contributed by atoms with Gasteiger partial charge in [0.05, 0.1) is 16.5 Å². The molecule has 23 heavy (non-hydrogen) atoms. The predicted molar refractivity (Wildman–Crippen MR) is 87.7 cm³/mol. The highest BCUT2D eigenvalue weighted by molar-refractivity contribution is 7.90. The SMILES string of the molecule is CS(=O)(=O)c1ccc(NC(=O)CCc2ccc(C#N)cc2)cc1. The minimum Gasteiger partial charge on any atom is -0.326 e. The molecule has 0 saturated carbocycles. The van der Waals surface area contributed by atoms with Gasteiger partial charge in [-0.1, -0.05) is 12.1 Å². The fraction of sp³-hybridized carbons (Fsp3) is 0.176. The number of anilines is 1. The minimum atomic E-state index is -3.24. The summed E-state index contributed by atoms with van der Waals surface area (Å²) in [6.07, 6.45) is 2.01. The van der Waals surface area contributed by atoms with Gasteiger partial charge >= 0.3 is 0 Å². The third-order valence-electron chi connectivity index (χ3n) is 3.29. The number of nitriles is 1. The molecule has 2 rings (SSSR count). The molecule has 5 nitrogen and oxygen atoms in total. The Bertz CT molecular complexity index is 833. The summed E-state index contributed by atoms with van der Waals surface area (Å²) in [4.78, 5) is 12.1. The number of carbonyl (C=O) groups excluding carboxylic acids is 1. The first-order chi connectivity index (χ1) is 10.9. The quantitative estimate of drug-likeness (QED) is 0.913. The summed E-state index contributed by atoms with van der Waals surface area (Å²) in [7, 11) is -3.24. The monoisotopic (exact) mass is 328 g/mol. The summed E-state index contributed by atoms with van der Waals surface area (Å²) < 4.78 is 22.7. The normalized spacial score (nSPS) is 10.8. The average molecular weight is 328 g/mol. The fourth-order valence-corrected chi connectivity index (χ4v) is 2.64. The Morgan fingerprint density at radius 3 is 2.22 bits per heavy atom. The van der Waals surface area contributed by atoms with E-state index in [1.807, 2.05) is 18.2 Å². The third-order valence-corrected chi connectivity index (χ3v) is 4.42. The van der Waals surface area contributed by atoms with E-state index in [1.165, 1.54) is 12.1 Å². The molecule has 0 radical (unpaired) electrons. The maximum absolute atomic E-state index is 11.9. The molecule has 1 N–H and O–H groups in total. The van der Waals surface area contributed by atoms with Crippen molar-refractivity contribution in [3.63, 3.8) is 0 Å². The van der Waals surface area contributed by atoms with Crippen LogP contribution >= 0.6 is 0 Å². The van der Waals surface area contributed by atoms with E-state index in [-0.39, 0.29) is 10.8 Å². The molecule has 0 fully saturated rings. The molecule has 0 bridgehead atoms. The first-order valence-electron chi connectivity index (χ1n) is 6.97. The average Bonchev–Trinajstić information content (AvgIpc) is 2.53. The molecule has 1 amide bonds. The van der Waals surface area contributed by atoms with Crippen molar-refractivity contribution in [2.75, 3.05) is 11.6 Å². The smallest absolute Gasteiger partial charge is 0.224 e. The molecule has 2 aromatic carbocycles. The highest BCUT2D eigenvalue weighted by Crippen LogP contribution is 2.14. The molecule has 0 spiro atoms. The van der Waals surface area contributed by atoms with E-state index in [2.05, 4.69) is 5.32 Å². The summed E-state index contributed by atoms with van der Waals surface area (Å²) in [5.41, 5.74) is 2.12. The van der Waals surface area contributed by atoms with Gasteiger partial charge in [-0.2, -0.15) is 5.26 Å². The summed E-state index contributed by atoms with van der Waals surface area (Å²) in [6.45, 7) is 0. The van der Waals surface area contributed by atoms with Gasteiger partial charge in [0.2, 0.25) is 5.91 Å². The lowest BCUT2D eigenvalue weighted by Gasteiger charge is -2.06. The van der Waals surface area contributed by atoms with Gasteiger partial charge < -0.3 is 5.32 Å². The van der Waals surface area contributed by atoms with Crippen LogP contribution in [0.1, 0.15) is 17.5 Å². The summed E-state index contributed by atoms with van der Waals surface area (Å²) in [6, 6.07) is 15.2. The Hall–Kier alpha value is -2.65. The van der Waals surface area contributed by atoms with Gasteiger partial charge in [-0.15, -0.1) is 0 Å². The molecule has 6 heteroatoms. The van der Waals surface area contributed by atoms with Gasteiger partial charge in [-0.25, -0.2) is 8.42 Å². The molecule has 0 unspecified atom stereocenters. The van der Waals surface area contributed by atoms with Gasteiger partial charge in [0, 0.05) is 18.4 Å². The largest absolute Gasteiger partial charge is 0.326 e. The van der Waals surface area contributed by atoms with Crippen molar-refractivity contribution in [2.24, 2.45) is 0 Å². The van der Waals surface area contributed by atoms with Gasteiger partial charge in [0.25, 0.3) is 0 Å². The summed E-state index contributed by atoms with van der Waals surface area (Å²) in [5, 5.41) is 11.5. The van der Waals surface area contributed by atoms with Crippen molar-refractivity contribution in [1.82, 2.24) is 0 Å². The van der Waals surface area contributed by atoms with Gasteiger partial charge in [-0.3, -0.25) is 4.79 Å². The number of hydrogen-bond acceptors (Lipinski definition) is 4. The van der Waals surface area contributed by atoms with E-state index in [9.17, 15) is 13.2 Å². The number of aryl methyl sites for hydroxylation is 1. The number of nitrogens with zero attached hydrogens (tertiary/aromatic N) is 1.